The Bertz CT molecular complexity index is 951. The van der Waals surface area contributed by atoms with Crippen LogP contribution in [0.1, 0.15) is 19.4 Å². The molecule has 3 heterocycles. The molecule has 4 rings (SSSR count). The minimum absolute atomic E-state index is 0.421. The van der Waals surface area contributed by atoms with Crippen LogP contribution in [0.2, 0.25) is 0 Å². The van der Waals surface area contributed by atoms with Crippen LogP contribution in [0.3, 0.4) is 0 Å². The molecule has 0 unspecified atom stereocenters. The number of benzene rings is 1. The summed E-state index contributed by atoms with van der Waals surface area (Å²) in [6.45, 7) is 2.98. The van der Waals surface area contributed by atoms with Crippen molar-refractivity contribution >= 4 is 11.0 Å². The van der Waals surface area contributed by atoms with Crippen molar-refractivity contribution < 1.29 is 39.1 Å². The van der Waals surface area contributed by atoms with Gasteiger partial charge in [0.15, 0.2) is 6.29 Å². The summed E-state index contributed by atoms with van der Waals surface area (Å²) in [5.41, 5.74) is -0.0654. The molecule has 0 radical (unpaired) electrons. The van der Waals surface area contributed by atoms with Crippen LogP contribution in [0, 0.1) is 0 Å². The van der Waals surface area contributed by atoms with Crippen molar-refractivity contribution in [2.24, 2.45) is 0 Å². The largest absolute Gasteiger partial charge is 0.487 e. The van der Waals surface area contributed by atoms with E-state index < -0.39 is 54.6 Å². The molecule has 0 saturated carbocycles. The second-order valence-electron chi connectivity index (χ2n) is 7.98. The van der Waals surface area contributed by atoms with E-state index in [-0.39, 0.29) is 0 Å². The Labute approximate surface area is 166 Å². The highest BCUT2D eigenvalue weighted by molar-refractivity contribution is 5.79. The second-order valence-corrected chi connectivity index (χ2v) is 7.98. The lowest BCUT2D eigenvalue weighted by atomic mass is 9.95. The predicted molar refractivity (Wildman–Crippen MR) is 99.5 cm³/mol. The SMILES string of the molecule is CC(C)(O[C@H]1O[C@H](CO)[C@@H](O)[C@@H](O)[C@H]1O)[C@@H]1Cc2cc3ccc(=O)oc3cc2O1. The molecular formula is C20H24O9. The van der Waals surface area contributed by atoms with Crippen LogP contribution < -0.4 is 10.4 Å². The maximum absolute atomic E-state index is 11.4. The zero-order chi connectivity index (χ0) is 20.9. The van der Waals surface area contributed by atoms with Crippen LogP contribution in [0.5, 0.6) is 5.75 Å². The van der Waals surface area contributed by atoms with Gasteiger partial charge in [-0.2, -0.15) is 0 Å². The second kappa shape index (κ2) is 7.35. The lowest BCUT2D eigenvalue weighted by molar-refractivity contribution is -0.329. The monoisotopic (exact) mass is 408 g/mol. The van der Waals surface area contributed by atoms with Gasteiger partial charge in [0.05, 0.1) is 6.61 Å². The molecule has 9 heteroatoms. The summed E-state index contributed by atoms with van der Waals surface area (Å²) in [7, 11) is 0. The Morgan fingerprint density at radius 3 is 2.62 bits per heavy atom. The van der Waals surface area contributed by atoms with Crippen molar-refractivity contribution in [2.45, 2.75) is 62.7 Å². The van der Waals surface area contributed by atoms with Crippen LogP contribution in [0.15, 0.2) is 33.5 Å². The van der Waals surface area contributed by atoms with E-state index in [2.05, 4.69) is 0 Å². The molecule has 0 bridgehead atoms. The van der Waals surface area contributed by atoms with Crippen molar-refractivity contribution in [3.05, 3.63) is 40.2 Å². The van der Waals surface area contributed by atoms with E-state index in [4.69, 9.17) is 18.6 Å². The third-order valence-corrected chi connectivity index (χ3v) is 5.52. The van der Waals surface area contributed by atoms with Gasteiger partial charge in [-0.15, -0.1) is 0 Å². The fourth-order valence-corrected chi connectivity index (χ4v) is 3.74. The Hall–Kier alpha value is -2.01. The number of hydrogen-bond donors (Lipinski definition) is 4. The Morgan fingerprint density at radius 2 is 1.90 bits per heavy atom. The summed E-state index contributed by atoms with van der Waals surface area (Å²) in [5, 5.41) is 40.2. The highest BCUT2D eigenvalue weighted by Gasteiger charge is 2.48. The Morgan fingerprint density at radius 1 is 1.14 bits per heavy atom. The standard InChI is InChI=1S/C20H24O9/c1-20(2,29-19-18(25)17(24)16(23)13(8-21)28-19)14-6-10-5-9-3-4-15(22)27-11(9)7-12(10)26-14/h3-5,7,13-14,16-19,21,23-25H,6,8H2,1-2H3/t13-,14+,16-,17-,18-,19-/m1/s1. The van der Waals surface area contributed by atoms with Crippen molar-refractivity contribution in [2.75, 3.05) is 6.61 Å². The van der Waals surface area contributed by atoms with Crippen molar-refractivity contribution in [3.8, 4) is 5.75 Å². The first-order valence-electron chi connectivity index (χ1n) is 9.41. The average molecular weight is 408 g/mol. The molecule has 4 N–H and O–H groups in total. The van der Waals surface area contributed by atoms with Gasteiger partial charge < -0.3 is 39.1 Å². The summed E-state index contributed by atoms with van der Waals surface area (Å²) in [6.07, 6.45) is -6.71. The van der Waals surface area contributed by atoms with Gasteiger partial charge in [-0.05, 0) is 31.5 Å². The maximum Gasteiger partial charge on any atom is 0.336 e. The lowest BCUT2D eigenvalue weighted by Gasteiger charge is -2.43. The molecule has 0 spiro atoms. The molecule has 1 fully saturated rings. The van der Waals surface area contributed by atoms with Crippen molar-refractivity contribution in [3.63, 3.8) is 0 Å². The third-order valence-electron chi connectivity index (χ3n) is 5.52. The van der Waals surface area contributed by atoms with E-state index >= 15 is 0 Å². The third kappa shape index (κ3) is 3.65. The summed E-state index contributed by atoms with van der Waals surface area (Å²) in [5.74, 6) is 0.572. The maximum atomic E-state index is 11.4. The molecular weight excluding hydrogens is 384 g/mol. The molecule has 0 amide bonds. The Balaban J connectivity index is 1.53. The van der Waals surface area contributed by atoms with Gasteiger partial charge in [0.1, 0.15) is 47.5 Å². The van der Waals surface area contributed by atoms with Gasteiger partial charge in [0.25, 0.3) is 0 Å². The quantitative estimate of drug-likeness (QED) is 0.502. The van der Waals surface area contributed by atoms with Gasteiger partial charge in [-0.25, -0.2) is 4.79 Å². The van der Waals surface area contributed by atoms with Gasteiger partial charge in [0, 0.05) is 23.9 Å². The predicted octanol–water partition coefficient (Wildman–Crippen LogP) is -0.308. The first-order chi connectivity index (χ1) is 13.7. The molecule has 2 aromatic rings. The summed E-state index contributed by atoms with van der Waals surface area (Å²) in [6, 6.07) is 6.59. The first kappa shape index (κ1) is 20.3. The number of aliphatic hydroxyl groups excluding tert-OH is 4. The van der Waals surface area contributed by atoms with Crippen molar-refractivity contribution in [1.82, 2.24) is 0 Å². The minimum atomic E-state index is -1.52. The number of ether oxygens (including phenoxy) is 3. The van der Waals surface area contributed by atoms with Gasteiger partial charge in [0.2, 0.25) is 0 Å². The van der Waals surface area contributed by atoms with E-state index in [0.29, 0.717) is 17.8 Å². The highest BCUT2D eigenvalue weighted by Crippen LogP contribution is 2.38. The number of fused-ring (bicyclic) bond motifs is 2. The van der Waals surface area contributed by atoms with E-state index in [1.54, 1.807) is 26.0 Å². The molecule has 0 aliphatic carbocycles. The van der Waals surface area contributed by atoms with E-state index in [1.165, 1.54) is 6.07 Å². The summed E-state index contributed by atoms with van der Waals surface area (Å²) in [4.78, 5) is 11.4. The van der Waals surface area contributed by atoms with Crippen LogP contribution in [0.4, 0.5) is 0 Å². The van der Waals surface area contributed by atoms with Gasteiger partial charge in [-0.1, -0.05) is 0 Å². The van der Waals surface area contributed by atoms with Gasteiger partial charge >= 0.3 is 5.63 Å². The molecule has 1 saturated heterocycles. The molecule has 29 heavy (non-hydrogen) atoms. The fourth-order valence-electron chi connectivity index (χ4n) is 3.74. The van der Waals surface area contributed by atoms with Crippen LogP contribution in [0.25, 0.3) is 11.0 Å². The smallest absolute Gasteiger partial charge is 0.336 e. The number of aliphatic hydroxyl groups is 4. The average Bonchev–Trinajstić information content (AvgIpc) is 3.10. The van der Waals surface area contributed by atoms with Crippen molar-refractivity contribution in [1.29, 1.82) is 0 Å². The lowest BCUT2D eigenvalue weighted by Crippen LogP contribution is -2.61. The normalized spacial score (nSPS) is 32.2. The molecule has 158 valence electrons. The highest BCUT2D eigenvalue weighted by atomic mass is 16.7. The Kier molecular flexibility index (Phi) is 5.14. The molecule has 2 aliphatic rings. The van der Waals surface area contributed by atoms with E-state index in [1.807, 2.05) is 6.07 Å². The summed E-state index contributed by atoms with van der Waals surface area (Å²) < 4.78 is 22.6. The molecule has 6 atom stereocenters. The molecule has 2 aliphatic heterocycles. The van der Waals surface area contributed by atoms with Crippen LogP contribution in [-0.4, -0.2) is 69.4 Å². The van der Waals surface area contributed by atoms with Gasteiger partial charge in [-0.3, -0.25) is 0 Å². The topological polar surface area (TPSA) is 139 Å². The molecule has 1 aromatic heterocycles. The first-order valence-corrected chi connectivity index (χ1v) is 9.41. The van der Waals surface area contributed by atoms with E-state index in [0.717, 1.165) is 10.9 Å². The zero-order valence-electron chi connectivity index (χ0n) is 16.0. The molecule has 9 nitrogen and oxygen atoms in total. The minimum Gasteiger partial charge on any atom is -0.487 e. The molecule has 1 aromatic carbocycles. The zero-order valence-corrected chi connectivity index (χ0v) is 16.0. The fraction of sp³-hybridized carbons (Fsp3) is 0.550. The van der Waals surface area contributed by atoms with Crippen LogP contribution >= 0.6 is 0 Å². The number of rotatable bonds is 4. The summed E-state index contributed by atoms with van der Waals surface area (Å²) >= 11 is 0. The van der Waals surface area contributed by atoms with E-state index in [9.17, 15) is 25.2 Å². The number of hydrogen-bond acceptors (Lipinski definition) is 9. The van der Waals surface area contributed by atoms with Crippen LogP contribution in [-0.2, 0) is 15.9 Å².